The molecule has 0 bridgehead atoms. The summed E-state index contributed by atoms with van der Waals surface area (Å²) in [4.78, 5) is 38.4. The number of amides is 2. The summed E-state index contributed by atoms with van der Waals surface area (Å²) in [6.45, 7) is 1.59. The highest BCUT2D eigenvalue weighted by Crippen LogP contribution is 2.36. The molecule has 2 amide bonds. The average Bonchev–Trinajstić information content (AvgIpc) is 3.11. The van der Waals surface area contributed by atoms with E-state index in [9.17, 15) is 14.4 Å². The molecule has 3 aromatic rings. The maximum atomic E-state index is 12.9. The van der Waals surface area contributed by atoms with Crippen molar-refractivity contribution >= 4 is 63.0 Å². The molecule has 1 heterocycles. The van der Waals surface area contributed by atoms with Crippen LogP contribution in [0.15, 0.2) is 42.5 Å². The summed E-state index contributed by atoms with van der Waals surface area (Å²) in [6.07, 6.45) is 0. The lowest BCUT2D eigenvalue weighted by Gasteiger charge is -2.09. The standard InChI is InChI=1S/C22H18Cl2N2O5S/c1-11-17(22(29)31-3)21(26-19(27)13-6-4-5-7-16(13)30-2)32-18(11)20(28)25-15-10-12(23)8-9-14(15)24/h4-10H,1-3H3,(H,25,28)(H,26,27). The van der Waals surface area contributed by atoms with Gasteiger partial charge in [-0.2, -0.15) is 0 Å². The number of carbonyl (C=O) groups excluding carboxylic acids is 3. The molecule has 10 heteroatoms. The summed E-state index contributed by atoms with van der Waals surface area (Å²) in [7, 11) is 2.67. The van der Waals surface area contributed by atoms with Crippen molar-refractivity contribution in [1.29, 1.82) is 0 Å². The number of rotatable bonds is 6. The zero-order chi connectivity index (χ0) is 23.4. The second kappa shape index (κ2) is 10.0. The van der Waals surface area contributed by atoms with Gasteiger partial charge in [-0.05, 0) is 42.8 Å². The summed E-state index contributed by atoms with van der Waals surface area (Å²) < 4.78 is 10.1. The van der Waals surface area contributed by atoms with Crippen molar-refractivity contribution in [3.63, 3.8) is 0 Å². The van der Waals surface area contributed by atoms with E-state index in [1.54, 1.807) is 43.3 Å². The molecule has 0 aliphatic carbocycles. The lowest BCUT2D eigenvalue weighted by Crippen LogP contribution is -2.15. The van der Waals surface area contributed by atoms with Crippen LogP contribution in [-0.2, 0) is 4.74 Å². The highest BCUT2D eigenvalue weighted by atomic mass is 35.5. The maximum absolute atomic E-state index is 12.9. The molecule has 0 radical (unpaired) electrons. The van der Waals surface area contributed by atoms with Crippen LogP contribution in [0, 0.1) is 6.92 Å². The van der Waals surface area contributed by atoms with Crippen LogP contribution in [0.5, 0.6) is 5.75 Å². The Kier molecular flexibility index (Phi) is 7.40. The fourth-order valence-electron chi connectivity index (χ4n) is 2.94. The van der Waals surface area contributed by atoms with Gasteiger partial charge in [0, 0.05) is 5.02 Å². The van der Waals surface area contributed by atoms with Gasteiger partial charge in [0.25, 0.3) is 11.8 Å². The Morgan fingerprint density at radius 1 is 0.969 bits per heavy atom. The Hall–Kier alpha value is -3.07. The maximum Gasteiger partial charge on any atom is 0.341 e. The molecule has 0 saturated heterocycles. The molecule has 2 N–H and O–H groups in total. The topological polar surface area (TPSA) is 93.7 Å². The monoisotopic (exact) mass is 492 g/mol. The molecular formula is C22H18Cl2N2O5S. The van der Waals surface area contributed by atoms with Crippen LogP contribution in [0.25, 0.3) is 0 Å². The molecular weight excluding hydrogens is 475 g/mol. The van der Waals surface area contributed by atoms with Gasteiger partial charge < -0.3 is 20.1 Å². The zero-order valence-electron chi connectivity index (χ0n) is 17.2. The van der Waals surface area contributed by atoms with Crippen LogP contribution in [0.3, 0.4) is 0 Å². The number of thiophene rings is 1. The van der Waals surface area contributed by atoms with E-state index < -0.39 is 17.8 Å². The van der Waals surface area contributed by atoms with Gasteiger partial charge in [0.15, 0.2) is 0 Å². The van der Waals surface area contributed by atoms with Crippen molar-refractivity contribution in [2.24, 2.45) is 0 Å². The van der Waals surface area contributed by atoms with E-state index in [2.05, 4.69) is 10.6 Å². The minimum absolute atomic E-state index is 0.0862. The molecule has 1 aromatic heterocycles. The third kappa shape index (κ3) is 4.88. The first-order chi connectivity index (χ1) is 15.3. The number of methoxy groups -OCH3 is 2. The van der Waals surface area contributed by atoms with Gasteiger partial charge >= 0.3 is 5.97 Å². The molecule has 2 aromatic carbocycles. The van der Waals surface area contributed by atoms with Gasteiger partial charge in [-0.25, -0.2) is 4.79 Å². The van der Waals surface area contributed by atoms with Crippen LogP contribution in [-0.4, -0.2) is 32.0 Å². The summed E-state index contributed by atoms with van der Waals surface area (Å²) in [5.74, 6) is -1.33. The van der Waals surface area contributed by atoms with Crippen molar-refractivity contribution in [2.75, 3.05) is 24.9 Å². The first-order valence-corrected chi connectivity index (χ1v) is 10.8. The SMILES string of the molecule is COC(=O)c1c(NC(=O)c2ccccc2OC)sc(C(=O)Nc2cc(Cl)ccc2Cl)c1C. The highest BCUT2D eigenvalue weighted by molar-refractivity contribution is 7.19. The van der Waals surface area contributed by atoms with Crippen LogP contribution in [0.1, 0.15) is 36.0 Å². The number of carbonyl (C=O) groups is 3. The Balaban J connectivity index is 1.97. The minimum atomic E-state index is -0.686. The van der Waals surface area contributed by atoms with E-state index in [1.807, 2.05) is 0 Å². The fraction of sp³-hybridized carbons (Fsp3) is 0.136. The highest BCUT2D eigenvalue weighted by Gasteiger charge is 2.27. The molecule has 0 saturated carbocycles. The third-order valence-corrected chi connectivity index (χ3v) is 6.27. The summed E-state index contributed by atoms with van der Waals surface area (Å²) in [5.41, 5.74) is 1.03. The van der Waals surface area contributed by atoms with Gasteiger partial charge in [-0.3, -0.25) is 9.59 Å². The van der Waals surface area contributed by atoms with E-state index in [1.165, 1.54) is 20.3 Å². The lowest BCUT2D eigenvalue weighted by atomic mass is 10.1. The number of halogens is 2. The largest absolute Gasteiger partial charge is 0.496 e. The third-order valence-electron chi connectivity index (χ3n) is 4.50. The first kappa shape index (κ1) is 23.6. The predicted molar refractivity (Wildman–Crippen MR) is 126 cm³/mol. The van der Waals surface area contributed by atoms with Crippen molar-refractivity contribution in [3.8, 4) is 5.75 Å². The zero-order valence-corrected chi connectivity index (χ0v) is 19.6. The average molecular weight is 493 g/mol. The van der Waals surface area contributed by atoms with E-state index >= 15 is 0 Å². The van der Waals surface area contributed by atoms with Gasteiger partial charge in [0.2, 0.25) is 0 Å². The number of para-hydroxylation sites is 1. The number of anilines is 2. The molecule has 0 atom stereocenters. The molecule has 0 aliphatic heterocycles. The molecule has 0 fully saturated rings. The summed E-state index contributed by atoms with van der Waals surface area (Å²) in [5, 5.41) is 6.24. The van der Waals surface area contributed by atoms with Crippen molar-refractivity contribution < 1.29 is 23.9 Å². The van der Waals surface area contributed by atoms with Gasteiger partial charge in [0.1, 0.15) is 10.8 Å². The Morgan fingerprint density at radius 3 is 2.38 bits per heavy atom. The second-order valence-electron chi connectivity index (χ2n) is 6.48. The number of benzene rings is 2. The number of nitrogens with one attached hydrogen (secondary N) is 2. The lowest BCUT2D eigenvalue weighted by molar-refractivity contribution is 0.0601. The number of esters is 1. The van der Waals surface area contributed by atoms with E-state index in [0.29, 0.717) is 27.0 Å². The normalized spacial score (nSPS) is 10.4. The predicted octanol–water partition coefficient (Wildman–Crippen LogP) is 5.66. The molecule has 166 valence electrons. The van der Waals surface area contributed by atoms with Crippen LogP contribution < -0.4 is 15.4 Å². The van der Waals surface area contributed by atoms with Crippen LogP contribution in [0.2, 0.25) is 10.0 Å². The quantitative estimate of drug-likeness (QED) is 0.432. The second-order valence-corrected chi connectivity index (χ2v) is 8.35. The Labute approximate surface area is 198 Å². The van der Waals surface area contributed by atoms with Gasteiger partial charge in [-0.1, -0.05) is 35.3 Å². The summed E-state index contributed by atoms with van der Waals surface area (Å²) >= 11 is 13.1. The number of hydrogen-bond donors (Lipinski definition) is 2. The summed E-state index contributed by atoms with van der Waals surface area (Å²) in [6, 6.07) is 11.3. The molecule has 7 nitrogen and oxygen atoms in total. The Morgan fingerprint density at radius 2 is 1.69 bits per heavy atom. The van der Waals surface area contributed by atoms with E-state index in [0.717, 1.165) is 11.3 Å². The molecule has 0 unspecified atom stereocenters. The molecule has 0 spiro atoms. The Bertz CT molecular complexity index is 1210. The molecule has 32 heavy (non-hydrogen) atoms. The smallest absolute Gasteiger partial charge is 0.341 e. The number of ether oxygens (including phenoxy) is 2. The van der Waals surface area contributed by atoms with Crippen LogP contribution >= 0.6 is 34.5 Å². The van der Waals surface area contributed by atoms with E-state index in [4.69, 9.17) is 32.7 Å². The molecule has 0 aliphatic rings. The number of hydrogen-bond acceptors (Lipinski definition) is 6. The first-order valence-electron chi connectivity index (χ1n) is 9.19. The van der Waals surface area contributed by atoms with Gasteiger partial charge in [-0.15, -0.1) is 11.3 Å². The van der Waals surface area contributed by atoms with Crippen molar-refractivity contribution in [3.05, 3.63) is 74.1 Å². The molecule has 3 rings (SSSR count). The van der Waals surface area contributed by atoms with Crippen molar-refractivity contribution in [1.82, 2.24) is 0 Å². The van der Waals surface area contributed by atoms with Crippen molar-refractivity contribution in [2.45, 2.75) is 6.92 Å². The van der Waals surface area contributed by atoms with Crippen LogP contribution in [0.4, 0.5) is 10.7 Å². The van der Waals surface area contributed by atoms with Gasteiger partial charge in [0.05, 0.1) is 40.9 Å². The van der Waals surface area contributed by atoms with E-state index in [-0.39, 0.29) is 21.0 Å². The fourth-order valence-corrected chi connectivity index (χ4v) is 4.36. The minimum Gasteiger partial charge on any atom is -0.496 e.